The van der Waals surface area contributed by atoms with Crippen LogP contribution in [0.5, 0.6) is 0 Å². The molecular formula is C15H24N2O2S. The topological polar surface area (TPSA) is 49.4 Å². The molecule has 20 heavy (non-hydrogen) atoms. The monoisotopic (exact) mass is 296 g/mol. The second kappa shape index (κ2) is 6.59. The summed E-state index contributed by atoms with van der Waals surface area (Å²) in [6.07, 6.45) is 0.749. The number of rotatable bonds is 6. The smallest absolute Gasteiger partial charge is 0.151 e. The lowest BCUT2D eigenvalue weighted by Crippen LogP contribution is -2.37. The summed E-state index contributed by atoms with van der Waals surface area (Å²) in [5.41, 5.74) is 2.49. The molecule has 5 heteroatoms. The normalized spacial score (nSPS) is 21.0. The van der Waals surface area contributed by atoms with Crippen LogP contribution in [0.1, 0.15) is 18.9 Å². The second-order valence-corrected chi connectivity index (χ2v) is 7.70. The predicted molar refractivity (Wildman–Crippen MR) is 84.1 cm³/mol. The fourth-order valence-electron chi connectivity index (χ4n) is 2.65. The molecule has 0 aliphatic carbocycles. The molecule has 0 bridgehead atoms. The highest BCUT2D eigenvalue weighted by Crippen LogP contribution is 2.15. The highest BCUT2D eigenvalue weighted by Gasteiger charge is 2.27. The van der Waals surface area contributed by atoms with Crippen molar-refractivity contribution < 1.29 is 8.42 Å². The van der Waals surface area contributed by atoms with E-state index in [1.165, 1.54) is 11.3 Å². The second-order valence-electron chi connectivity index (χ2n) is 5.47. The molecule has 1 atom stereocenters. The van der Waals surface area contributed by atoms with Crippen molar-refractivity contribution in [3.8, 4) is 0 Å². The molecule has 1 heterocycles. The van der Waals surface area contributed by atoms with Gasteiger partial charge in [-0.2, -0.15) is 0 Å². The number of likely N-dealkylation sites (N-methyl/N-ethyl adjacent to an activating group) is 1. The number of hydrogen-bond donors (Lipinski definition) is 1. The Morgan fingerprint density at radius 1 is 1.40 bits per heavy atom. The zero-order valence-corrected chi connectivity index (χ0v) is 13.1. The van der Waals surface area contributed by atoms with Gasteiger partial charge in [-0.1, -0.05) is 12.1 Å². The van der Waals surface area contributed by atoms with Crippen LogP contribution in [0.25, 0.3) is 0 Å². The molecule has 1 saturated heterocycles. The lowest BCUT2D eigenvalue weighted by atomic mass is 10.2. The summed E-state index contributed by atoms with van der Waals surface area (Å²) in [4.78, 5) is 2.31. The maximum atomic E-state index is 11.4. The number of benzene rings is 1. The summed E-state index contributed by atoms with van der Waals surface area (Å²) in [7, 11) is -2.79. The van der Waals surface area contributed by atoms with Crippen LogP contribution in [0, 0.1) is 6.92 Å². The molecule has 1 fully saturated rings. The van der Waals surface area contributed by atoms with Gasteiger partial charge >= 0.3 is 0 Å². The van der Waals surface area contributed by atoms with Gasteiger partial charge in [-0.3, -0.25) is 0 Å². The number of nitrogens with zero attached hydrogens (tertiary/aromatic N) is 1. The number of anilines is 1. The van der Waals surface area contributed by atoms with E-state index < -0.39 is 9.84 Å². The molecule has 1 N–H and O–H groups in total. The minimum absolute atomic E-state index is 0.135. The molecule has 1 aliphatic heterocycles. The Hall–Kier alpha value is -1.07. The maximum Gasteiger partial charge on any atom is 0.151 e. The lowest BCUT2D eigenvalue weighted by Gasteiger charge is -2.24. The Balaban J connectivity index is 1.83. The fraction of sp³-hybridized carbons (Fsp3) is 0.600. The first kappa shape index (κ1) is 15.3. The predicted octanol–water partition coefficient (Wildman–Crippen LogP) is 1.60. The molecule has 0 spiro atoms. The Labute approximate surface area is 122 Å². The molecule has 1 aliphatic rings. The summed E-state index contributed by atoms with van der Waals surface area (Å²) >= 11 is 0. The molecule has 1 aromatic rings. The third-order valence-corrected chi connectivity index (χ3v) is 5.56. The Bertz CT molecular complexity index is 543. The van der Waals surface area contributed by atoms with Crippen LogP contribution in [-0.4, -0.2) is 45.6 Å². The van der Waals surface area contributed by atoms with Gasteiger partial charge in [0.15, 0.2) is 9.84 Å². The van der Waals surface area contributed by atoms with E-state index in [9.17, 15) is 8.42 Å². The van der Waals surface area contributed by atoms with Crippen molar-refractivity contribution in [2.45, 2.75) is 26.3 Å². The third kappa shape index (κ3) is 4.21. The van der Waals surface area contributed by atoms with E-state index in [4.69, 9.17) is 0 Å². The van der Waals surface area contributed by atoms with Crippen LogP contribution in [-0.2, 0) is 9.84 Å². The first-order valence-electron chi connectivity index (χ1n) is 7.25. The van der Waals surface area contributed by atoms with Gasteiger partial charge in [-0.05, 0) is 38.0 Å². The summed E-state index contributed by atoms with van der Waals surface area (Å²) in [6.45, 7) is 6.91. The Kier molecular flexibility index (Phi) is 5.05. The molecule has 0 amide bonds. The molecule has 1 unspecified atom stereocenters. The van der Waals surface area contributed by atoms with Crippen molar-refractivity contribution in [2.24, 2.45) is 0 Å². The van der Waals surface area contributed by atoms with Gasteiger partial charge in [-0.25, -0.2) is 8.42 Å². The van der Waals surface area contributed by atoms with Crippen LogP contribution in [0.3, 0.4) is 0 Å². The summed E-state index contributed by atoms with van der Waals surface area (Å²) < 4.78 is 22.8. The van der Waals surface area contributed by atoms with Crippen molar-refractivity contribution in [1.29, 1.82) is 0 Å². The first-order valence-corrected chi connectivity index (χ1v) is 9.08. The van der Waals surface area contributed by atoms with E-state index in [1.54, 1.807) is 0 Å². The molecule has 0 saturated carbocycles. The van der Waals surface area contributed by atoms with Gasteiger partial charge < -0.3 is 10.2 Å². The van der Waals surface area contributed by atoms with Gasteiger partial charge in [0, 0.05) is 31.4 Å². The van der Waals surface area contributed by atoms with Crippen LogP contribution in [0.15, 0.2) is 24.3 Å². The van der Waals surface area contributed by atoms with Gasteiger partial charge in [0.05, 0.1) is 11.5 Å². The third-order valence-electron chi connectivity index (χ3n) is 3.80. The molecule has 4 nitrogen and oxygen atoms in total. The maximum absolute atomic E-state index is 11.4. The van der Waals surface area contributed by atoms with Crippen molar-refractivity contribution >= 4 is 15.5 Å². The fourth-order valence-corrected chi connectivity index (χ4v) is 4.36. The van der Waals surface area contributed by atoms with Gasteiger partial charge in [0.1, 0.15) is 0 Å². The van der Waals surface area contributed by atoms with E-state index in [0.717, 1.165) is 26.1 Å². The van der Waals surface area contributed by atoms with E-state index in [2.05, 4.69) is 48.3 Å². The van der Waals surface area contributed by atoms with Gasteiger partial charge in [0.25, 0.3) is 0 Å². The molecule has 0 radical (unpaired) electrons. The Morgan fingerprint density at radius 2 is 2.20 bits per heavy atom. The van der Waals surface area contributed by atoms with Crippen LogP contribution in [0.2, 0.25) is 0 Å². The highest BCUT2D eigenvalue weighted by molar-refractivity contribution is 7.91. The minimum Gasteiger partial charge on any atom is -0.371 e. The van der Waals surface area contributed by atoms with E-state index in [-0.39, 0.29) is 6.04 Å². The van der Waals surface area contributed by atoms with Gasteiger partial charge in [-0.15, -0.1) is 0 Å². The number of hydrogen-bond acceptors (Lipinski definition) is 4. The molecule has 0 aromatic heterocycles. The van der Waals surface area contributed by atoms with E-state index in [1.807, 2.05) is 0 Å². The zero-order valence-electron chi connectivity index (χ0n) is 12.3. The highest BCUT2D eigenvalue weighted by atomic mass is 32.2. The molecule has 2 rings (SSSR count). The molecule has 1 aromatic carbocycles. The zero-order chi connectivity index (χ0) is 14.6. The number of nitrogens with one attached hydrogen (secondary N) is 1. The average Bonchev–Trinajstić information content (AvgIpc) is 2.74. The van der Waals surface area contributed by atoms with Crippen LogP contribution < -0.4 is 10.2 Å². The van der Waals surface area contributed by atoms with Gasteiger partial charge in [0.2, 0.25) is 0 Å². The first-order chi connectivity index (χ1) is 9.50. The summed E-state index contributed by atoms with van der Waals surface area (Å²) in [6, 6.07) is 8.61. The van der Waals surface area contributed by atoms with Crippen molar-refractivity contribution in [3.63, 3.8) is 0 Å². The summed E-state index contributed by atoms with van der Waals surface area (Å²) in [5.74, 6) is 0.629. The van der Waals surface area contributed by atoms with E-state index >= 15 is 0 Å². The van der Waals surface area contributed by atoms with Crippen molar-refractivity contribution in [3.05, 3.63) is 29.8 Å². The minimum atomic E-state index is -2.79. The average molecular weight is 296 g/mol. The van der Waals surface area contributed by atoms with Crippen molar-refractivity contribution in [2.75, 3.05) is 36.0 Å². The molecular weight excluding hydrogens is 272 g/mol. The molecule has 112 valence electrons. The quantitative estimate of drug-likeness (QED) is 0.866. The summed E-state index contributed by atoms with van der Waals surface area (Å²) in [5, 5.41) is 3.37. The number of sulfone groups is 1. The largest absolute Gasteiger partial charge is 0.371 e. The lowest BCUT2D eigenvalue weighted by molar-refractivity contribution is 0.553. The van der Waals surface area contributed by atoms with Crippen molar-refractivity contribution in [1.82, 2.24) is 5.32 Å². The number of aryl methyl sites for hydroxylation is 1. The van der Waals surface area contributed by atoms with Crippen LogP contribution in [0.4, 0.5) is 5.69 Å². The standard InChI is InChI=1S/C15H24N2O2S/c1-3-17(15-6-4-5-13(2)11-15)9-8-16-14-7-10-20(18,19)12-14/h4-6,11,14,16H,3,7-10,12H2,1-2H3. The SMILES string of the molecule is CCN(CCNC1CCS(=O)(=O)C1)c1cccc(C)c1. The van der Waals surface area contributed by atoms with E-state index in [0.29, 0.717) is 11.5 Å². The van der Waals surface area contributed by atoms with Crippen LogP contribution >= 0.6 is 0 Å². The Morgan fingerprint density at radius 3 is 2.80 bits per heavy atom.